The normalized spacial score (nSPS) is 16.6. The average molecular weight is 318 g/mol. The van der Waals surface area contributed by atoms with Gasteiger partial charge in [0.1, 0.15) is 0 Å². The summed E-state index contributed by atoms with van der Waals surface area (Å²) in [5.74, 6) is 0. The summed E-state index contributed by atoms with van der Waals surface area (Å²) in [6.45, 7) is 8.11. The molecule has 2 nitrogen and oxygen atoms in total. The molecule has 0 amide bonds. The Morgan fingerprint density at radius 2 is 1.04 bits per heavy atom. The maximum Gasteiger partial charge on any atom is 0.236 e. The first-order chi connectivity index (χ1) is 11.8. The molecule has 1 heterocycles. The Balaban J connectivity index is 1.69. The summed E-state index contributed by atoms with van der Waals surface area (Å²) in [5, 5.41) is 0. The van der Waals surface area contributed by atoms with E-state index < -0.39 is 0 Å². The van der Waals surface area contributed by atoms with Crippen molar-refractivity contribution < 1.29 is 0 Å². The minimum absolute atomic E-state index is 0.650. The predicted molar refractivity (Wildman–Crippen MR) is 106 cm³/mol. The monoisotopic (exact) mass is 318 g/mol. The topological polar surface area (TPSA) is 6.48 Å². The minimum atomic E-state index is 0.650. The molecule has 1 saturated heterocycles. The second-order valence-corrected chi connectivity index (χ2v) is 6.95. The van der Waals surface area contributed by atoms with Gasteiger partial charge in [0.2, 0.25) is 13.7 Å². The van der Waals surface area contributed by atoms with E-state index in [2.05, 4.69) is 84.1 Å². The number of rotatable bonds is 6. The molecule has 0 aromatic heterocycles. The van der Waals surface area contributed by atoms with Gasteiger partial charge in [-0.25, -0.2) is 0 Å². The molecule has 0 unspecified atom stereocenters. The van der Waals surface area contributed by atoms with Crippen LogP contribution in [0.4, 0.5) is 0 Å². The fraction of sp³-hybridized carbons (Fsp3) is 0.400. The summed E-state index contributed by atoms with van der Waals surface area (Å²) < 4.78 is 0. The van der Waals surface area contributed by atoms with Crippen LogP contribution in [-0.2, 0) is 13.1 Å². The van der Waals surface area contributed by atoms with E-state index >= 15 is 0 Å². The Hall–Kier alpha value is -1.51. The van der Waals surface area contributed by atoms with Crippen LogP contribution >= 0.6 is 0 Å². The summed E-state index contributed by atoms with van der Waals surface area (Å²) in [4.78, 5) is 5.40. The van der Waals surface area contributed by atoms with Gasteiger partial charge >= 0.3 is 0 Å². The van der Waals surface area contributed by atoms with Gasteiger partial charge in [-0.05, 0) is 24.0 Å². The van der Waals surface area contributed by atoms with E-state index in [4.69, 9.17) is 0 Å². The van der Waals surface area contributed by atoms with Crippen LogP contribution in [0.3, 0.4) is 0 Å². The second kappa shape index (κ2) is 8.55. The Morgan fingerprint density at radius 1 is 0.667 bits per heavy atom. The molecule has 2 aromatic carbocycles. The molecule has 1 aliphatic heterocycles. The maximum atomic E-state index is 2.70. The molecule has 4 heteroatoms. The first-order valence-electron chi connectivity index (χ1n) is 9.36. The molecule has 0 radical (unpaired) electrons. The van der Waals surface area contributed by atoms with Crippen molar-refractivity contribution in [3.05, 3.63) is 71.8 Å². The third-order valence-corrected chi connectivity index (χ3v) is 5.32. The molecule has 0 saturated carbocycles. The summed E-state index contributed by atoms with van der Waals surface area (Å²) in [6, 6.07) is 21.8. The Kier molecular flexibility index (Phi) is 6.17. The van der Waals surface area contributed by atoms with E-state index in [1.165, 1.54) is 36.7 Å². The van der Waals surface area contributed by atoms with E-state index in [0.717, 1.165) is 13.1 Å². The second-order valence-electron chi connectivity index (χ2n) is 6.95. The standard InChI is InChI=1S/C20H28B2N2/c1-3-21-17-24(16-20-13-9-6-10-14-20)22(4-2)18-23(21)15-19-11-7-5-8-12-19/h5-14H,3-4,15-18H2,1-2H3. The first-order valence-corrected chi connectivity index (χ1v) is 9.36. The highest BCUT2D eigenvalue weighted by Crippen LogP contribution is 2.20. The third-order valence-electron chi connectivity index (χ3n) is 5.32. The van der Waals surface area contributed by atoms with Crippen molar-refractivity contribution in [2.75, 3.05) is 12.9 Å². The SMILES string of the molecule is CCB1CN(Cc2ccccc2)B(CC)CN1Cc1ccccc1. The number of hydrogen-bond acceptors (Lipinski definition) is 2. The van der Waals surface area contributed by atoms with E-state index in [1.807, 2.05) is 0 Å². The van der Waals surface area contributed by atoms with E-state index in [1.54, 1.807) is 0 Å². The van der Waals surface area contributed by atoms with Crippen LogP contribution in [0.5, 0.6) is 0 Å². The van der Waals surface area contributed by atoms with Crippen molar-refractivity contribution in [3.63, 3.8) is 0 Å². The lowest BCUT2D eigenvalue weighted by molar-refractivity contribution is 0.382. The van der Waals surface area contributed by atoms with Crippen LogP contribution in [0, 0.1) is 0 Å². The molecule has 1 aliphatic rings. The molecule has 3 rings (SSSR count). The van der Waals surface area contributed by atoms with Crippen molar-refractivity contribution in [3.8, 4) is 0 Å². The van der Waals surface area contributed by atoms with Gasteiger partial charge in [0.25, 0.3) is 0 Å². The number of nitrogens with zero attached hydrogens (tertiary/aromatic N) is 2. The first kappa shape index (κ1) is 17.3. The fourth-order valence-corrected chi connectivity index (χ4v) is 3.87. The minimum Gasteiger partial charge on any atom is -0.342 e. The van der Waals surface area contributed by atoms with Crippen molar-refractivity contribution >= 4 is 13.7 Å². The van der Waals surface area contributed by atoms with Crippen molar-refractivity contribution in [1.82, 2.24) is 9.62 Å². The van der Waals surface area contributed by atoms with E-state index in [9.17, 15) is 0 Å². The summed E-state index contributed by atoms with van der Waals surface area (Å²) in [7, 11) is 0. The van der Waals surface area contributed by atoms with Gasteiger partial charge in [-0.1, -0.05) is 87.2 Å². The van der Waals surface area contributed by atoms with Crippen LogP contribution in [-0.4, -0.2) is 36.2 Å². The summed E-state index contributed by atoms with van der Waals surface area (Å²) in [5.41, 5.74) is 2.87. The molecule has 2 aromatic rings. The molecule has 1 fully saturated rings. The fourth-order valence-electron chi connectivity index (χ4n) is 3.87. The molecule has 0 N–H and O–H groups in total. The Morgan fingerprint density at radius 3 is 1.38 bits per heavy atom. The van der Waals surface area contributed by atoms with Crippen LogP contribution in [0.1, 0.15) is 25.0 Å². The van der Waals surface area contributed by atoms with Gasteiger partial charge in [-0.15, -0.1) is 0 Å². The Bertz CT molecular complexity index is 550. The summed E-state index contributed by atoms with van der Waals surface area (Å²) in [6.07, 6.45) is 4.79. The molecule has 24 heavy (non-hydrogen) atoms. The lowest BCUT2D eigenvalue weighted by Gasteiger charge is -2.43. The van der Waals surface area contributed by atoms with E-state index in [0.29, 0.717) is 13.7 Å². The van der Waals surface area contributed by atoms with Gasteiger partial charge in [0.15, 0.2) is 0 Å². The molecule has 124 valence electrons. The molecule has 0 aliphatic carbocycles. The third kappa shape index (κ3) is 4.31. The predicted octanol–water partition coefficient (Wildman–Crippen LogP) is 4.11. The van der Waals surface area contributed by atoms with Crippen molar-refractivity contribution in [1.29, 1.82) is 0 Å². The zero-order valence-electron chi connectivity index (χ0n) is 15.1. The zero-order valence-corrected chi connectivity index (χ0v) is 15.1. The van der Waals surface area contributed by atoms with Crippen LogP contribution in [0.25, 0.3) is 0 Å². The zero-order chi connectivity index (χ0) is 16.8. The quantitative estimate of drug-likeness (QED) is 0.740. The highest BCUT2D eigenvalue weighted by Gasteiger charge is 2.36. The average Bonchev–Trinajstić information content (AvgIpc) is 2.64. The van der Waals surface area contributed by atoms with E-state index in [-0.39, 0.29) is 0 Å². The smallest absolute Gasteiger partial charge is 0.236 e. The summed E-state index contributed by atoms with van der Waals surface area (Å²) >= 11 is 0. The largest absolute Gasteiger partial charge is 0.342 e. The van der Waals surface area contributed by atoms with Crippen LogP contribution in [0.15, 0.2) is 60.7 Å². The molecular formula is C20H28B2N2. The molecule has 0 bridgehead atoms. The van der Waals surface area contributed by atoms with Crippen molar-refractivity contribution in [2.24, 2.45) is 0 Å². The molecule has 0 atom stereocenters. The van der Waals surface area contributed by atoms with Crippen LogP contribution in [0.2, 0.25) is 12.6 Å². The van der Waals surface area contributed by atoms with Gasteiger partial charge in [-0.3, -0.25) is 0 Å². The van der Waals surface area contributed by atoms with Crippen LogP contribution < -0.4 is 0 Å². The van der Waals surface area contributed by atoms with Gasteiger partial charge < -0.3 is 9.62 Å². The number of hydrogen-bond donors (Lipinski definition) is 0. The lowest BCUT2D eigenvalue weighted by atomic mass is 9.44. The molecular weight excluding hydrogens is 290 g/mol. The molecule has 0 spiro atoms. The highest BCUT2D eigenvalue weighted by atomic mass is 15.2. The van der Waals surface area contributed by atoms with Crippen molar-refractivity contribution in [2.45, 2.75) is 39.6 Å². The number of benzene rings is 2. The highest BCUT2D eigenvalue weighted by molar-refractivity contribution is 6.65. The van der Waals surface area contributed by atoms with Gasteiger partial charge in [-0.2, -0.15) is 0 Å². The lowest BCUT2D eigenvalue weighted by Crippen LogP contribution is -2.62. The maximum absolute atomic E-state index is 2.70. The Labute approximate surface area is 148 Å². The van der Waals surface area contributed by atoms with Gasteiger partial charge in [0, 0.05) is 13.1 Å². The van der Waals surface area contributed by atoms with Gasteiger partial charge in [0.05, 0.1) is 0 Å².